The Kier molecular flexibility index (Phi) is 18.5. The Balaban J connectivity index is 0.000000116. The summed E-state index contributed by atoms with van der Waals surface area (Å²) in [6, 6.07) is 77.8. The average Bonchev–Trinajstić information content (AvgIpc) is 1.66. The van der Waals surface area contributed by atoms with Gasteiger partial charge in [-0.25, -0.2) is 23.3 Å². The fourth-order valence-corrected chi connectivity index (χ4v) is 18.1. The third-order valence-electron chi connectivity index (χ3n) is 23.7. The van der Waals surface area contributed by atoms with E-state index in [4.69, 9.17) is 25.9 Å². The molecule has 9 aromatic heterocycles. The molecular formula is C100H97B4N9O4+4. The molecule has 0 saturated heterocycles. The fraction of sp³-hybridized carbons (Fsp3) is 0.170. The molecule has 20 rings (SSSR count). The standard InChI is InChI=1S/C25H25BN3O.3C25H24BN2O/c1-16-13-23(28(4)15-21(16)19-9-7-6-8-10-19)26-17(2)14-22-24(29(26)5)20-12-11-18(3)27-25(20)30-22;1-17-16-27(3)24(15-21(17)19-10-6-5-7-11-19)26-18(2)14-22-20-12-8-9-13-23(20)29-25(22)28(26)4;1-17-16-27(3)24(15-21(17)19-10-6-5-7-11-19)26-18(2)14-23-25(28(26)4)20-12-8-9-13-22(20)29-23;1-17-14-24(27(3)16-22(17)19-10-6-5-7-11-19)26-18(2)15-21-20-12-8-9-13-23(20)29-25(21)28(26)4/h6-15H,1-5H3;3*5-16H,1-4H3/q4*+1/i;2*1D3;. The molecule has 0 amide bonds. The number of nitrogens with zero attached hydrogens (tertiary/aromatic N) is 9. The minimum atomic E-state index is -2.21. The van der Waals surface area contributed by atoms with Gasteiger partial charge in [0.05, 0.1) is 16.8 Å². The fourth-order valence-electron chi connectivity index (χ4n) is 18.1. The Bertz CT molecular complexity index is 6930. The highest BCUT2D eigenvalue weighted by atomic mass is 16.4. The van der Waals surface area contributed by atoms with E-state index in [2.05, 4.69) is 250 Å². The highest BCUT2D eigenvalue weighted by Gasteiger charge is 2.44. The van der Waals surface area contributed by atoms with Crippen LogP contribution in [0, 0.1) is 34.5 Å². The van der Waals surface area contributed by atoms with Crippen molar-refractivity contribution in [2.75, 3.05) is 47.4 Å². The number of pyridine rings is 5. The van der Waals surface area contributed by atoms with E-state index < -0.39 is 13.7 Å². The molecule has 0 spiro atoms. The lowest BCUT2D eigenvalue weighted by molar-refractivity contribution is -0.654. The van der Waals surface area contributed by atoms with Gasteiger partial charge in [0.2, 0.25) is 5.71 Å². The van der Waals surface area contributed by atoms with Gasteiger partial charge in [0.1, 0.15) is 50.7 Å². The number of furan rings is 4. The molecule has 7 aromatic carbocycles. The van der Waals surface area contributed by atoms with Gasteiger partial charge in [-0.15, -0.1) is 0 Å². The number of aromatic nitrogens is 5. The topological polar surface area (TPSA) is 93.9 Å². The molecular weight excluding hydrogens is 1430 g/mol. The zero-order valence-corrected chi connectivity index (χ0v) is 69.0. The number of aryl methyl sites for hydroxylation is 9. The van der Waals surface area contributed by atoms with Crippen molar-refractivity contribution < 1.29 is 44.2 Å². The van der Waals surface area contributed by atoms with E-state index in [0.717, 1.165) is 118 Å². The molecule has 4 aliphatic heterocycles. The Morgan fingerprint density at radius 2 is 0.650 bits per heavy atom. The molecule has 0 fully saturated rings. The van der Waals surface area contributed by atoms with Crippen LogP contribution in [0.2, 0.25) is 0 Å². The first-order valence-electron chi connectivity index (χ1n) is 42.9. The Labute approximate surface area is 696 Å². The monoisotopic (exact) mass is 1540 g/mol. The summed E-state index contributed by atoms with van der Waals surface area (Å²) in [6.07, 6.45) is 16.7. The van der Waals surface area contributed by atoms with Gasteiger partial charge >= 0.3 is 27.4 Å². The van der Waals surface area contributed by atoms with E-state index in [1.807, 2.05) is 165 Å². The van der Waals surface area contributed by atoms with Crippen molar-refractivity contribution in [2.24, 2.45) is 28.2 Å². The van der Waals surface area contributed by atoms with Crippen LogP contribution in [0.15, 0.2) is 295 Å². The van der Waals surface area contributed by atoms with Crippen molar-refractivity contribution in [3.8, 4) is 44.5 Å². The highest BCUT2D eigenvalue weighted by Crippen LogP contribution is 2.43. The molecule has 0 bridgehead atoms. The van der Waals surface area contributed by atoms with Crippen molar-refractivity contribution in [1.82, 2.24) is 4.98 Å². The van der Waals surface area contributed by atoms with E-state index in [0.29, 0.717) is 16.8 Å². The predicted molar refractivity (Wildman–Crippen MR) is 488 cm³/mol. The van der Waals surface area contributed by atoms with Gasteiger partial charge in [-0.3, -0.25) is 0 Å². The summed E-state index contributed by atoms with van der Waals surface area (Å²) >= 11 is 0. The molecule has 13 heterocycles. The van der Waals surface area contributed by atoms with E-state index in [9.17, 15) is 0 Å². The van der Waals surface area contributed by atoms with E-state index in [1.54, 1.807) is 12.4 Å². The number of benzene rings is 7. The minimum Gasteiger partial charge on any atom is -0.455 e. The number of anilines is 4. The molecule has 574 valence electrons. The third kappa shape index (κ3) is 14.1. The van der Waals surface area contributed by atoms with E-state index in [1.165, 1.54) is 71.9 Å². The second kappa shape index (κ2) is 31.2. The maximum atomic E-state index is 8.11. The molecule has 117 heavy (non-hydrogen) atoms. The summed E-state index contributed by atoms with van der Waals surface area (Å²) in [7, 11) is 16.5. The van der Waals surface area contributed by atoms with Gasteiger partial charge in [-0.2, -0.15) is 0 Å². The highest BCUT2D eigenvalue weighted by molar-refractivity contribution is 6.84. The first-order chi connectivity index (χ1) is 59.0. The number of hydrogen-bond donors (Lipinski definition) is 0. The number of allylic oxidation sites excluding steroid dienone is 4. The van der Waals surface area contributed by atoms with Gasteiger partial charge in [0.15, 0.2) is 64.7 Å². The quantitative estimate of drug-likeness (QED) is 0.109. The number of rotatable bonds is 8. The number of para-hydroxylation sites is 3. The van der Waals surface area contributed by atoms with Crippen molar-refractivity contribution >= 4 is 141 Å². The molecule has 0 atom stereocenters. The van der Waals surface area contributed by atoms with Crippen LogP contribution in [-0.2, 0) is 28.2 Å². The Morgan fingerprint density at radius 3 is 1.07 bits per heavy atom. The van der Waals surface area contributed by atoms with Crippen LogP contribution in [-0.4, -0.2) is 60.6 Å². The average molecular weight is 1540 g/mol. The SMILES string of the molecule is CC1=Cc2c(oc3ccccc23)N(C)B1c1cc(C)c(-c2ccccc2)c[n+]1C.CC1=Cc2oc3nc(C)ccc3c2N(C)B1c1cc(C)c(-c2ccccc2)c[n+]1C.[2H]C([2H])([2H])c1c[n+](C)c(B2C(C)=Cc3c(oc4ccccc34)N2C)cc1-c1ccccc1.[2H]C([2H])([2H])c1c[n+](C)c(B2C(C)=Cc3oc4ccccc4c3N2C)cc1-c1ccccc1. The molecule has 4 aliphatic rings. The lowest BCUT2D eigenvalue weighted by Crippen LogP contribution is -2.62. The van der Waals surface area contributed by atoms with Crippen LogP contribution in [0.25, 0.3) is 113 Å². The first kappa shape index (κ1) is 69.4. The summed E-state index contributed by atoms with van der Waals surface area (Å²) in [4.78, 5) is 13.6. The summed E-state index contributed by atoms with van der Waals surface area (Å²) in [5, 5.41) is 4.40. The normalized spacial score (nSPS) is 14.6. The van der Waals surface area contributed by atoms with Crippen molar-refractivity contribution in [1.29, 1.82) is 0 Å². The Morgan fingerprint density at radius 1 is 0.316 bits per heavy atom. The smallest absolute Gasteiger partial charge is 0.401 e. The third-order valence-corrected chi connectivity index (χ3v) is 23.7. The van der Waals surface area contributed by atoms with Crippen LogP contribution < -0.4 is 59.9 Å². The van der Waals surface area contributed by atoms with Crippen LogP contribution in [0.1, 0.15) is 86.5 Å². The zero-order valence-electron chi connectivity index (χ0n) is 75.0. The van der Waals surface area contributed by atoms with Crippen LogP contribution >= 0.6 is 0 Å². The molecule has 17 heteroatoms. The second-order valence-corrected chi connectivity index (χ2v) is 31.7. The molecule has 0 aliphatic carbocycles. The molecule has 13 nitrogen and oxygen atoms in total. The van der Waals surface area contributed by atoms with Crippen molar-refractivity contribution in [3.63, 3.8) is 0 Å². The summed E-state index contributed by atoms with van der Waals surface area (Å²) < 4.78 is 81.6. The molecule has 0 unspecified atom stereocenters. The summed E-state index contributed by atoms with van der Waals surface area (Å²) in [5.74, 6) is 3.50. The van der Waals surface area contributed by atoms with Crippen molar-refractivity contribution in [2.45, 2.75) is 62.2 Å². The van der Waals surface area contributed by atoms with Gasteiger partial charge in [-0.1, -0.05) is 204 Å². The zero-order chi connectivity index (χ0) is 86.4. The maximum Gasteiger partial charge on any atom is 0.401 e. The van der Waals surface area contributed by atoms with Gasteiger partial charge in [-0.05, 0) is 183 Å². The van der Waals surface area contributed by atoms with Crippen LogP contribution in [0.4, 0.5) is 23.1 Å². The largest absolute Gasteiger partial charge is 0.455 e. The van der Waals surface area contributed by atoms with Crippen molar-refractivity contribution in [3.05, 3.63) is 328 Å². The number of fused-ring (bicyclic) bond motifs is 12. The maximum absolute atomic E-state index is 8.11. The number of hydrogen-bond acceptors (Lipinski definition) is 9. The van der Waals surface area contributed by atoms with Gasteiger partial charge in [0.25, 0.3) is 0 Å². The lowest BCUT2D eigenvalue weighted by Gasteiger charge is -2.29. The van der Waals surface area contributed by atoms with E-state index >= 15 is 0 Å². The van der Waals surface area contributed by atoms with Crippen LogP contribution in [0.3, 0.4) is 0 Å². The molecule has 0 N–H and O–H groups in total. The predicted octanol–water partition coefficient (Wildman–Crippen LogP) is 17.8. The molecule has 16 aromatic rings. The van der Waals surface area contributed by atoms with Crippen LogP contribution in [0.5, 0.6) is 0 Å². The van der Waals surface area contributed by atoms with E-state index in [-0.39, 0.29) is 27.4 Å². The lowest BCUT2D eigenvalue weighted by atomic mass is 9.49. The minimum absolute atomic E-state index is 0.0541. The first-order valence-corrected chi connectivity index (χ1v) is 39.9. The summed E-state index contributed by atoms with van der Waals surface area (Å²) in [6.45, 7) is 10.7. The van der Waals surface area contributed by atoms with Gasteiger partial charge < -0.3 is 36.9 Å². The molecule has 0 radical (unpaired) electrons. The Hall–Kier alpha value is -13.1. The summed E-state index contributed by atoms with van der Waals surface area (Å²) in [5.41, 5.74) is 29.7. The molecule has 0 saturated carbocycles. The van der Waals surface area contributed by atoms with Gasteiger partial charge in [0, 0.05) is 87.7 Å². The second-order valence-electron chi connectivity index (χ2n) is 31.7.